The zero-order valence-electron chi connectivity index (χ0n) is 5.93. The largest absolute Gasteiger partial charge is 0.377 e. The van der Waals surface area contributed by atoms with Gasteiger partial charge < -0.3 is 11.1 Å². The molecule has 0 fully saturated rings. The molecular weight excluding hydrogens is 114 g/mol. The van der Waals surface area contributed by atoms with E-state index < -0.39 is 0 Å². The highest BCUT2D eigenvalue weighted by Gasteiger charge is 1.75. The van der Waals surface area contributed by atoms with Gasteiger partial charge in [-0.15, -0.1) is 0 Å². The van der Waals surface area contributed by atoms with Crippen LogP contribution in [0.1, 0.15) is 13.3 Å². The molecule has 0 aliphatic heterocycles. The lowest BCUT2D eigenvalue weighted by Gasteiger charge is -1.91. The van der Waals surface area contributed by atoms with Crippen LogP contribution in [-0.4, -0.2) is 26.0 Å². The normalized spacial score (nSPS) is 10.4. The molecule has 0 heterocycles. The summed E-state index contributed by atoms with van der Waals surface area (Å²) in [5.41, 5.74) is 5.25. The fraction of sp³-hybridized carbons (Fsp3) is 0.833. The van der Waals surface area contributed by atoms with Crippen LogP contribution in [0.15, 0.2) is 4.99 Å². The van der Waals surface area contributed by atoms with Crippen LogP contribution in [0, 0.1) is 0 Å². The molecule has 0 aliphatic rings. The molecule has 0 aromatic rings. The Kier molecular flexibility index (Phi) is 6.96. The Morgan fingerprint density at radius 3 is 3.00 bits per heavy atom. The van der Waals surface area contributed by atoms with E-state index in [0.717, 1.165) is 26.1 Å². The molecule has 0 bridgehead atoms. The van der Waals surface area contributed by atoms with Crippen LogP contribution in [0.4, 0.5) is 0 Å². The Balaban J connectivity index is 2.86. The van der Waals surface area contributed by atoms with E-state index in [9.17, 15) is 0 Å². The van der Waals surface area contributed by atoms with Gasteiger partial charge in [-0.2, -0.15) is 0 Å². The van der Waals surface area contributed by atoms with Gasteiger partial charge >= 0.3 is 0 Å². The number of hydrogen-bond donors (Lipinski definition) is 2. The van der Waals surface area contributed by atoms with E-state index in [-0.39, 0.29) is 0 Å². The summed E-state index contributed by atoms with van der Waals surface area (Å²) in [4.78, 5) is 4.03. The molecule has 0 saturated carbocycles. The van der Waals surface area contributed by atoms with E-state index in [2.05, 4.69) is 10.3 Å². The third kappa shape index (κ3) is 7.43. The van der Waals surface area contributed by atoms with E-state index in [1.54, 1.807) is 6.34 Å². The van der Waals surface area contributed by atoms with Crippen molar-refractivity contribution in [3.8, 4) is 0 Å². The van der Waals surface area contributed by atoms with Gasteiger partial charge in [0.05, 0.1) is 6.34 Å². The first-order valence-electron chi connectivity index (χ1n) is 3.33. The van der Waals surface area contributed by atoms with Crippen molar-refractivity contribution in [1.82, 2.24) is 5.32 Å². The quantitative estimate of drug-likeness (QED) is 0.311. The second-order valence-corrected chi connectivity index (χ2v) is 1.74. The minimum absolute atomic E-state index is 0.726. The average Bonchev–Trinajstić information content (AvgIpc) is 1.89. The number of hydrogen-bond acceptors (Lipinski definition) is 2. The Morgan fingerprint density at radius 1 is 1.67 bits per heavy atom. The van der Waals surface area contributed by atoms with E-state index in [4.69, 9.17) is 5.73 Å². The molecule has 3 heteroatoms. The van der Waals surface area contributed by atoms with E-state index in [1.165, 1.54) is 0 Å². The summed E-state index contributed by atoms with van der Waals surface area (Å²) in [6.07, 6.45) is 2.71. The van der Waals surface area contributed by atoms with Gasteiger partial charge in [0.1, 0.15) is 0 Å². The smallest absolute Gasteiger partial charge is 0.0823 e. The minimum atomic E-state index is 0.726. The summed E-state index contributed by atoms with van der Waals surface area (Å²) >= 11 is 0. The van der Waals surface area contributed by atoms with Gasteiger partial charge in [-0.05, 0) is 19.9 Å². The highest BCUT2D eigenvalue weighted by atomic mass is 14.9. The van der Waals surface area contributed by atoms with Crippen LogP contribution in [0.2, 0.25) is 0 Å². The Labute approximate surface area is 56.3 Å². The predicted molar refractivity (Wildman–Crippen MR) is 40.7 cm³/mol. The summed E-state index contributed by atoms with van der Waals surface area (Å²) in [6, 6.07) is 0. The standard InChI is InChI=1S/C6H15N3/c1-2-8-6-9-5-3-4-7/h6H,2-5,7H2,1H3,(H,8,9). The molecule has 3 nitrogen and oxygen atoms in total. The van der Waals surface area contributed by atoms with E-state index in [1.807, 2.05) is 6.92 Å². The molecule has 0 rings (SSSR count). The van der Waals surface area contributed by atoms with Crippen molar-refractivity contribution >= 4 is 6.34 Å². The zero-order chi connectivity index (χ0) is 6.95. The lowest BCUT2D eigenvalue weighted by atomic mass is 10.4. The highest BCUT2D eigenvalue weighted by molar-refractivity contribution is 5.53. The maximum atomic E-state index is 5.25. The van der Waals surface area contributed by atoms with Gasteiger partial charge in [0, 0.05) is 13.1 Å². The lowest BCUT2D eigenvalue weighted by molar-refractivity contribution is 0.839. The third-order valence-electron chi connectivity index (χ3n) is 0.878. The molecule has 0 radical (unpaired) electrons. The van der Waals surface area contributed by atoms with Crippen LogP contribution < -0.4 is 11.1 Å². The second-order valence-electron chi connectivity index (χ2n) is 1.74. The molecule has 54 valence electrons. The molecule has 0 unspecified atom stereocenters. The summed E-state index contributed by atoms with van der Waals surface area (Å²) in [6.45, 7) is 4.54. The van der Waals surface area contributed by atoms with Crippen molar-refractivity contribution < 1.29 is 0 Å². The molecule has 0 atom stereocenters. The monoisotopic (exact) mass is 129 g/mol. The van der Waals surface area contributed by atoms with Gasteiger partial charge in [-0.3, -0.25) is 4.99 Å². The van der Waals surface area contributed by atoms with Crippen LogP contribution in [0.25, 0.3) is 0 Å². The molecule has 0 aliphatic carbocycles. The van der Waals surface area contributed by atoms with Crippen molar-refractivity contribution in [2.24, 2.45) is 10.7 Å². The van der Waals surface area contributed by atoms with Crippen LogP contribution in [0.5, 0.6) is 0 Å². The van der Waals surface area contributed by atoms with Gasteiger partial charge in [0.15, 0.2) is 0 Å². The van der Waals surface area contributed by atoms with Gasteiger partial charge in [0.25, 0.3) is 0 Å². The van der Waals surface area contributed by atoms with Crippen LogP contribution >= 0.6 is 0 Å². The van der Waals surface area contributed by atoms with E-state index >= 15 is 0 Å². The zero-order valence-corrected chi connectivity index (χ0v) is 5.93. The fourth-order valence-corrected chi connectivity index (χ4v) is 0.403. The fourth-order valence-electron chi connectivity index (χ4n) is 0.403. The van der Waals surface area contributed by atoms with Crippen molar-refractivity contribution in [2.75, 3.05) is 19.6 Å². The molecule has 3 N–H and O–H groups in total. The first kappa shape index (κ1) is 8.43. The number of rotatable bonds is 5. The average molecular weight is 129 g/mol. The van der Waals surface area contributed by atoms with Crippen molar-refractivity contribution in [3.63, 3.8) is 0 Å². The van der Waals surface area contributed by atoms with Gasteiger partial charge in [-0.1, -0.05) is 0 Å². The summed E-state index contributed by atoms with van der Waals surface area (Å²) in [5, 5.41) is 2.97. The topological polar surface area (TPSA) is 50.4 Å². The predicted octanol–water partition coefficient (Wildman–Crippen LogP) is -0.0270. The number of nitrogens with one attached hydrogen (secondary N) is 1. The molecular formula is C6H15N3. The third-order valence-corrected chi connectivity index (χ3v) is 0.878. The van der Waals surface area contributed by atoms with Crippen LogP contribution in [0.3, 0.4) is 0 Å². The molecule has 0 amide bonds. The maximum absolute atomic E-state index is 5.25. The number of nitrogens with zero attached hydrogens (tertiary/aromatic N) is 1. The summed E-state index contributed by atoms with van der Waals surface area (Å²) in [7, 11) is 0. The molecule has 0 aromatic heterocycles. The van der Waals surface area contributed by atoms with Gasteiger partial charge in [0.2, 0.25) is 0 Å². The van der Waals surface area contributed by atoms with Crippen LogP contribution in [-0.2, 0) is 0 Å². The lowest BCUT2D eigenvalue weighted by Crippen LogP contribution is -2.09. The number of aliphatic imine (C=N–C) groups is 1. The molecule has 0 saturated heterocycles. The molecule has 0 aromatic carbocycles. The number of nitrogens with two attached hydrogens (primary N) is 1. The van der Waals surface area contributed by atoms with Crippen molar-refractivity contribution in [3.05, 3.63) is 0 Å². The van der Waals surface area contributed by atoms with Gasteiger partial charge in [-0.25, -0.2) is 0 Å². The molecule has 0 spiro atoms. The second kappa shape index (κ2) is 7.43. The summed E-state index contributed by atoms with van der Waals surface area (Å²) in [5.74, 6) is 0. The summed E-state index contributed by atoms with van der Waals surface area (Å²) < 4.78 is 0. The Bertz CT molecular complexity index is 70.7. The first-order valence-corrected chi connectivity index (χ1v) is 3.33. The maximum Gasteiger partial charge on any atom is 0.0823 e. The molecule has 9 heavy (non-hydrogen) atoms. The Hall–Kier alpha value is -0.570. The highest BCUT2D eigenvalue weighted by Crippen LogP contribution is 1.72. The van der Waals surface area contributed by atoms with E-state index in [0.29, 0.717) is 0 Å². The Morgan fingerprint density at radius 2 is 2.44 bits per heavy atom. The first-order chi connectivity index (χ1) is 4.41. The van der Waals surface area contributed by atoms with Crippen molar-refractivity contribution in [1.29, 1.82) is 0 Å². The van der Waals surface area contributed by atoms with Crippen molar-refractivity contribution in [2.45, 2.75) is 13.3 Å². The minimum Gasteiger partial charge on any atom is -0.377 e. The SMILES string of the molecule is CCNC=NCCCN.